The van der Waals surface area contributed by atoms with Crippen molar-refractivity contribution in [2.24, 2.45) is 0 Å². The molecule has 165 valence electrons. The van der Waals surface area contributed by atoms with Crippen LogP contribution < -0.4 is 0 Å². The zero-order valence-corrected chi connectivity index (χ0v) is 21.7. The highest BCUT2D eigenvalue weighted by molar-refractivity contribution is 6.79. The van der Waals surface area contributed by atoms with Gasteiger partial charge in [-0.25, -0.2) is 0 Å². The number of carbonyl (C=O) groups is 1. The Kier molecular flexibility index (Phi) is 11.0. The Hall–Kier alpha value is -0.176. The Bertz CT molecular complexity index is 451. The molecule has 0 N–H and O–H groups in total. The quantitative estimate of drug-likeness (QED) is 0.304. The molecule has 0 aromatic carbocycles. The minimum atomic E-state index is -2.29. The van der Waals surface area contributed by atoms with Crippen LogP contribution in [0.15, 0.2) is 0 Å². The van der Waals surface area contributed by atoms with Gasteiger partial charge in [0.15, 0.2) is 0 Å². The molecule has 1 saturated carbocycles. The minimum Gasteiger partial charge on any atom is -0.518 e. The van der Waals surface area contributed by atoms with Gasteiger partial charge >= 0.3 is 9.28 Å². The third-order valence-corrected chi connectivity index (χ3v) is 16.0. The van der Waals surface area contributed by atoms with Gasteiger partial charge in [0.25, 0.3) is 14.3 Å². The van der Waals surface area contributed by atoms with Crippen LogP contribution in [0.3, 0.4) is 0 Å². The molecule has 1 aliphatic rings. The molecule has 28 heavy (non-hydrogen) atoms. The smallest absolute Gasteiger partial charge is 0.402 e. The summed E-state index contributed by atoms with van der Waals surface area (Å²) in [5, 5.41) is -0.672. The average molecular weight is 430 g/mol. The van der Waals surface area contributed by atoms with E-state index >= 15 is 0 Å². The van der Waals surface area contributed by atoms with Crippen molar-refractivity contribution in [2.75, 3.05) is 13.2 Å². The van der Waals surface area contributed by atoms with Gasteiger partial charge in [0, 0.05) is 13.2 Å². The maximum atomic E-state index is 13.8. The lowest BCUT2D eigenvalue weighted by Gasteiger charge is -2.46. The van der Waals surface area contributed by atoms with E-state index < -0.39 is 22.6 Å². The standard InChI is InChI=1S/C22H45O4Si2/c1-9-18(6)28(19(7)10-2,20-16-14-15-17-20)26-21(23)22(8,11-3)27(24-12-4)25-13-5/h18-20H,9-17H2,1-8H3. The molecule has 0 heterocycles. The summed E-state index contributed by atoms with van der Waals surface area (Å²) in [4.78, 5) is 13.8. The number of hydrogen-bond donors (Lipinski definition) is 0. The summed E-state index contributed by atoms with van der Waals surface area (Å²) in [5.41, 5.74) is 1.55. The topological polar surface area (TPSA) is 44.8 Å². The largest absolute Gasteiger partial charge is 0.518 e. The first-order valence-corrected chi connectivity index (χ1v) is 15.1. The van der Waals surface area contributed by atoms with E-state index in [1.54, 1.807) is 0 Å². The van der Waals surface area contributed by atoms with Crippen molar-refractivity contribution in [3.05, 3.63) is 0 Å². The molecule has 0 aliphatic heterocycles. The van der Waals surface area contributed by atoms with Crippen LogP contribution in [0, 0.1) is 0 Å². The van der Waals surface area contributed by atoms with Crippen molar-refractivity contribution >= 4 is 23.6 Å². The van der Waals surface area contributed by atoms with Gasteiger partial charge in [-0.05, 0) is 56.7 Å². The van der Waals surface area contributed by atoms with E-state index in [2.05, 4.69) is 34.6 Å². The molecule has 4 nitrogen and oxygen atoms in total. The van der Waals surface area contributed by atoms with Gasteiger partial charge in [-0.3, -0.25) is 4.79 Å². The van der Waals surface area contributed by atoms with Crippen molar-refractivity contribution in [3.8, 4) is 0 Å². The van der Waals surface area contributed by atoms with Crippen molar-refractivity contribution in [3.63, 3.8) is 0 Å². The van der Waals surface area contributed by atoms with Crippen molar-refractivity contribution in [2.45, 2.75) is 122 Å². The molecule has 3 atom stereocenters. The average Bonchev–Trinajstić information content (AvgIpc) is 3.24. The van der Waals surface area contributed by atoms with Crippen LogP contribution in [-0.2, 0) is 18.1 Å². The van der Waals surface area contributed by atoms with Gasteiger partial charge in [-0.2, -0.15) is 0 Å². The van der Waals surface area contributed by atoms with Gasteiger partial charge in [-0.15, -0.1) is 0 Å². The van der Waals surface area contributed by atoms with Gasteiger partial charge in [-0.1, -0.05) is 60.3 Å². The van der Waals surface area contributed by atoms with E-state index in [4.69, 9.17) is 13.3 Å². The summed E-state index contributed by atoms with van der Waals surface area (Å²) in [6, 6.07) is 0. The lowest BCUT2D eigenvalue weighted by Crippen LogP contribution is -2.54. The Morgan fingerprint density at radius 2 is 1.46 bits per heavy atom. The second-order valence-corrected chi connectivity index (χ2v) is 15.6. The van der Waals surface area contributed by atoms with Gasteiger partial charge < -0.3 is 13.3 Å². The third kappa shape index (κ3) is 5.29. The first-order valence-electron chi connectivity index (χ1n) is 11.6. The summed E-state index contributed by atoms with van der Waals surface area (Å²) >= 11 is 0. The lowest BCUT2D eigenvalue weighted by atomic mass is 10.1. The highest BCUT2D eigenvalue weighted by Crippen LogP contribution is 2.53. The van der Waals surface area contributed by atoms with Crippen molar-refractivity contribution < 1.29 is 18.1 Å². The Morgan fingerprint density at radius 1 is 1.00 bits per heavy atom. The molecule has 1 rings (SSSR count). The monoisotopic (exact) mass is 429 g/mol. The van der Waals surface area contributed by atoms with Gasteiger partial charge in [0.05, 0.1) is 0 Å². The molecule has 1 fully saturated rings. The minimum absolute atomic E-state index is 0.0510. The molecule has 1 radical (unpaired) electrons. The highest BCUT2D eigenvalue weighted by Gasteiger charge is 2.57. The van der Waals surface area contributed by atoms with Crippen LogP contribution in [0.1, 0.15) is 100 Å². The van der Waals surface area contributed by atoms with Gasteiger partial charge in [0.2, 0.25) is 0 Å². The SMILES string of the molecule is CCO[Si](OCC)C(C)(CC)C(=O)O[Si](C(C)CC)(C(C)CC)C1CCCC1. The van der Waals surface area contributed by atoms with E-state index in [0.717, 1.165) is 12.8 Å². The fraction of sp³-hybridized carbons (Fsp3) is 0.955. The predicted molar refractivity (Wildman–Crippen MR) is 121 cm³/mol. The Labute approximate surface area is 177 Å². The van der Waals surface area contributed by atoms with Crippen LogP contribution in [0.2, 0.25) is 21.7 Å². The normalized spacial score (nSPS) is 21.9. The number of hydrogen-bond acceptors (Lipinski definition) is 4. The fourth-order valence-corrected chi connectivity index (χ4v) is 13.0. The molecule has 0 aromatic heterocycles. The highest BCUT2D eigenvalue weighted by atomic mass is 28.4. The summed E-state index contributed by atoms with van der Waals surface area (Å²) in [7, 11) is -4.04. The molecule has 0 saturated heterocycles. The molecule has 0 spiro atoms. The van der Waals surface area contributed by atoms with E-state index in [9.17, 15) is 4.79 Å². The van der Waals surface area contributed by atoms with E-state index in [1.165, 1.54) is 25.7 Å². The third-order valence-electron chi connectivity index (χ3n) is 7.19. The number of rotatable bonds is 13. The fourth-order valence-electron chi connectivity index (χ4n) is 4.86. The van der Waals surface area contributed by atoms with E-state index in [-0.39, 0.29) is 5.97 Å². The molecule has 1 aliphatic carbocycles. The molecule has 0 amide bonds. The zero-order valence-electron chi connectivity index (χ0n) is 19.7. The molecule has 6 heteroatoms. The van der Waals surface area contributed by atoms with Crippen LogP contribution >= 0.6 is 0 Å². The Morgan fingerprint density at radius 3 is 1.82 bits per heavy atom. The second kappa shape index (κ2) is 11.9. The molecule has 0 aromatic rings. The first kappa shape index (κ1) is 25.9. The maximum absolute atomic E-state index is 13.8. The van der Waals surface area contributed by atoms with Crippen LogP contribution in [0.4, 0.5) is 0 Å². The molecule has 3 unspecified atom stereocenters. The number of carbonyl (C=O) groups excluding carboxylic acids is 1. The summed E-state index contributed by atoms with van der Waals surface area (Å²) in [6.45, 7) is 18.3. The van der Waals surface area contributed by atoms with E-state index in [0.29, 0.717) is 36.3 Å². The predicted octanol–water partition coefficient (Wildman–Crippen LogP) is 6.75. The van der Waals surface area contributed by atoms with Crippen molar-refractivity contribution in [1.29, 1.82) is 0 Å². The summed E-state index contributed by atoms with van der Waals surface area (Å²) < 4.78 is 18.8. The Balaban J connectivity index is 3.32. The van der Waals surface area contributed by atoms with Gasteiger partial charge in [0.1, 0.15) is 5.04 Å². The lowest BCUT2D eigenvalue weighted by molar-refractivity contribution is -0.140. The second-order valence-electron chi connectivity index (χ2n) is 8.68. The van der Waals surface area contributed by atoms with Crippen LogP contribution in [0.5, 0.6) is 0 Å². The first-order chi connectivity index (χ1) is 13.3. The maximum Gasteiger partial charge on any atom is 0.402 e. The zero-order chi connectivity index (χ0) is 21.4. The molecular weight excluding hydrogens is 384 g/mol. The summed E-state index contributed by atoms with van der Waals surface area (Å²) in [6.07, 6.45) is 7.87. The molecular formula is C22H45O4Si2. The van der Waals surface area contributed by atoms with Crippen molar-refractivity contribution in [1.82, 2.24) is 0 Å². The molecule has 0 bridgehead atoms. The van der Waals surface area contributed by atoms with Crippen LogP contribution in [-0.4, -0.2) is 36.8 Å². The van der Waals surface area contributed by atoms with E-state index in [1.807, 2.05) is 20.8 Å². The summed E-state index contributed by atoms with van der Waals surface area (Å²) in [5.74, 6) is -0.0510. The van der Waals surface area contributed by atoms with Crippen LogP contribution in [0.25, 0.3) is 0 Å².